The monoisotopic (exact) mass is 692 g/mol. The van der Waals surface area contributed by atoms with Gasteiger partial charge in [0.15, 0.2) is 5.82 Å². The SMILES string of the molecule is c1ccc(-c2ccc(-c3cc(-c4cc(-c5ccccc5)nc(-c5ccc6ccccc6c5)n4)cc(-c4cccc5sc6ccccc6c45)c3)cc2)cc1. The Labute approximate surface area is 312 Å². The third-order valence-electron chi connectivity index (χ3n) is 10.1. The summed E-state index contributed by atoms with van der Waals surface area (Å²) in [6, 6.07) is 69.3. The highest BCUT2D eigenvalue weighted by Crippen LogP contribution is 2.42. The molecule has 0 N–H and O–H groups in total. The molecule has 0 fully saturated rings. The molecule has 0 aliphatic carbocycles. The molecule has 53 heavy (non-hydrogen) atoms. The van der Waals surface area contributed by atoms with Crippen LogP contribution in [0.1, 0.15) is 0 Å². The van der Waals surface area contributed by atoms with Gasteiger partial charge in [0.25, 0.3) is 0 Å². The number of thiophene rings is 1. The molecule has 0 bridgehead atoms. The minimum atomic E-state index is 0.706. The number of benzene rings is 8. The third-order valence-corrected chi connectivity index (χ3v) is 11.2. The van der Waals surface area contributed by atoms with Crippen molar-refractivity contribution in [2.45, 2.75) is 0 Å². The molecule has 0 unspecified atom stereocenters. The van der Waals surface area contributed by atoms with Gasteiger partial charge < -0.3 is 0 Å². The molecule has 0 saturated heterocycles. The van der Waals surface area contributed by atoms with E-state index in [2.05, 4.69) is 188 Å². The standard InChI is InChI=1S/C50H32N2S/c1-3-12-33(13-4-1)35-22-24-36(25-23-35)40-29-41(43-19-11-21-48-49(43)44-18-9-10-20-47(44)53-48)31-42(30-40)46-32-45(37-15-5-2-6-16-37)51-50(52-46)39-27-26-34-14-7-8-17-38(34)28-39/h1-32H. The van der Waals surface area contributed by atoms with E-state index in [0.29, 0.717) is 5.82 Å². The molecule has 10 aromatic rings. The summed E-state index contributed by atoms with van der Waals surface area (Å²) in [7, 11) is 0. The molecule has 0 saturated carbocycles. The summed E-state index contributed by atoms with van der Waals surface area (Å²) < 4.78 is 2.58. The summed E-state index contributed by atoms with van der Waals surface area (Å²) in [5.74, 6) is 0.706. The maximum atomic E-state index is 5.32. The van der Waals surface area contributed by atoms with Gasteiger partial charge in [0.2, 0.25) is 0 Å². The van der Waals surface area contributed by atoms with Crippen LogP contribution in [0.4, 0.5) is 0 Å². The van der Waals surface area contributed by atoms with Crippen LogP contribution in [0.3, 0.4) is 0 Å². The highest BCUT2D eigenvalue weighted by molar-refractivity contribution is 7.25. The predicted octanol–water partition coefficient (Wildman–Crippen LogP) is 14.0. The summed E-state index contributed by atoms with van der Waals surface area (Å²) >= 11 is 1.85. The van der Waals surface area contributed by atoms with E-state index in [1.807, 2.05) is 17.4 Å². The van der Waals surface area contributed by atoms with E-state index in [9.17, 15) is 0 Å². The second-order valence-electron chi connectivity index (χ2n) is 13.4. The van der Waals surface area contributed by atoms with Gasteiger partial charge in [-0.05, 0) is 86.6 Å². The summed E-state index contributed by atoms with van der Waals surface area (Å²) in [5, 5.41) is 4.94. The number of hydrogen-bond donors (Lipinski definition) is 0. The van der Waals surface area contributed by atoms with Gasteiger partial charge in [0, 0.05) is 36.9 Å². The molecule has 2 nitrogen and oxygen atoms in total. The first kappa shape index (κ1) is 31.1. The lowest BCUT2D eigenvalue weighted by Gasteiger charge is -2.14. The Balaban J connectivity index is 1.20. The van der Waals surface area contributed by atoms with E-state index in [4.69, 9.17) is 9.97 Å². The summed E-state index contributed by atoms with van der Waals surface area (Å²) in [6.07, 6.45) is 0. The van der Waals surface area contributed by atoms with E-state index in [1.54, 1.807) is 0 Å². The third kappa shape index (κ3) is 5.87. The van der Waals surface area contributed by atoms with Crippen molar-refractivity contribution in [1.29, 1.82) is 0 Å². The molecular formula is C50H32N2S. The zero-order valence-electron chi connectivity index (χ0n) is 28.8. The molecule has 2 aromatic heterocycles. The maximum absolute atomic E-state index is 5.32. The number of nitrogens with zero attached hydrogens (tertiary/aromatic N) is 2. The van der Waals surface area contributed by atoms with E-state index in [0.717, 1.165) is 44.8 Å². The average molecular weight is 693 g/mol. The first-order valence-corrected chi connectivity index (χ1v) is 18.7. The normalized spacial score (nSPS) is 11.4. The Morgan fingerprint density at radius 1 is 0.321 bits per heavy atom. The lowest BCUT2D eigenvalue weighted by atomic mass is 9.92. The van der Waals surface area contributed by atoms with Crippen molar-refractivity contribution in [3.63, 3.8) is 0 Å². The van der Waals surface area contributed by atoms with Crippen molar-refractivity contribution in [2.24, 2.45) is 0 Å². The number of aromatic nitrogens is 2. The molecular weight excluding hydrogens is 661 g/mol. The van der Waals surface area contributed by atoms with Crippen LogP contribution >= 0.6 is 11.3 Å². The molecule has 2 heterocycles. The van der Waals surface area contributed by atoms with Crippen LogP contribution in [-0.2, 0) is 0 Å². The van der Waals surface area contributed by atoms with Crippen LogP contribution in [0.25, 0.3) is 98.2 Å². The van der Waals surface area contributed by atoms with Gasteiger partial charge in [0.1, 0.15) is 0 Å². The largest absolute Gasteiger partial charge is 0.228 e. The summed E-state index contributed by atoms with van der Waals surface area (Å²) in [4.78, 5) is 10.5. The molecule has 0 spiro atoms. The second-order valence-corrected chi connectivity index (χ2v) is 14.5. The maximum Gasteiger partial charge on any atom is 0.160 e. The Hall–Kier alpha value is -6.68. The molecule has 3 heteroatoms. The van der Waals surface area contributed by atoms with Crippen molar-refractivity contribution in [3.05, 3.63) is 194 Å². The Kier molecular flexibility index (Phi) is 7.71. The molecule has 0 aliphatic heterocycles. The molecule has 0 radical (unpaired) electrons. The van der Waals surface area contributed by atoms with Gasteiger partial charge >= 0.3 is 0 Å². The van der Waals surface area contributed by atoms with Crippen LogP contribution in [0.15, 0.2) is 194 Å². The van der Waals surface area contributed by atoms with Crippen LogP contribution in [-0.4, -0.2) is 9.97 Å². The molecule has 0 amide bonds. The van der Waals surface area contributed by atoms with Crippen molar-refractivity contribution < 1.29 is 0 Å². The van der Waals surface area contributed by atoms with Gasteiger partial charge in [-0.25, -0.2) is 9.97 Å². The van der Waals surface area contributed by atoms with Crippen LogP contribution in [0.2, 0.25) is 0 Å². The van der Waals surface area contributed by atoms with Crippen molar-refractivity contribution in [2.75, 3.05) is 0 Å². The molecule has 0 aliphatic rings. The zero-order valence-corrected chi connectivity index (χ0v) is 29.6. The quantitative estimate of drug-likeness (QED) is 0.173. The van der Waals surface area contributed by atoms with Gasteiger partial charge in [0.05, 0.1) is 11.4 Å². The van der Waals surface area contributed by atoms with Crippen molar-refractivity contribution >= 4 is 42.3 Å². The number of rotatable bonds is 6. The first-order valence-electron chi connectivity index (χ1n) is 17.9. The fourth-order valence-corrected chi connectivity index (χ4v) is 8.54. The molecule has 0 atom stereocenters. The van der Waals surface area contributed by atoms with Crippen LogP contribution in [0.5, 0.6) is 0 Å². The predicted molar refractivity (Wildman–Crippen MR) is 225 cm³/mol. The van der Waals surface area contributed by atoms with Gasteiger partial charge in [-0.15, -0.1) is 11.3 Å². The average Bonchev–Trinajstić information content (AvgIpc) is 3.63. The van der Waals surface area contributed by atoms with E-state index >= 15 is 0 Å². The molecule has 10 rings (SSSR count). The Morgan fingerprint density at radius 3 is 1.68 bits per heavy atom. The minimum absolute atomic E-state index is 0.706. The highest BCUT2D eigenvalue weighted by Gasteiger charge is 2.16. The zero-order chi connectivity index (χ0) is 35.1. The summed E-state index contributed by atoms with van der Waals surface area (Å²) in [6.45, 7) is 0. The Morgan fingerprint density at radius 2 is 0.887 bits per heavy atom. The highest BCUT2D eigenvalue weighted by atomic mass is 32.1. The van der Waals surface area contributed by atoms with Crippen molar-refractivity contribution in [1.82, 2.24) is 9.97 Å². The molecule has 248 valence electrons. The lowest BCUT2D eigenvalue weighted by Crippen LogP contribution is -1.97. The minimum Gasteiger partial charge on any atom is -0.228 e. The van der Waals surface area contributed by atoms with Gasteiger partial charge in [-0.3, -0.25) is 0 Å². The van der Waals surface area contributed by atoms with E-state index in [1.165, 1.54) is 47.6 Å². The smallest absolute Gasteiger partial charge is 0.160 e. The van der Waals surface area contributed by atoms with Gasteiger partial charge in [-0.1, -0.05) is 152 Å². The second kappa shape index (κ2) is 13.1. The number of fused-ring (bicyclic) bond motifs is 4. The Bertz CT molecular complexity index is 2930. The van der Waals surface area contributed by atoms with E-state index < -0.39 is 0 Å². The van der Waals surface area contributed by atoms with Gasteiger partial charge in [-0.2, -0.15) is 0 Å². The molecule has 8 aromatic carbocycles. The van der Waals surface area contributed by atoms with Crippen LogP contribution < -0.4 is 0 Å². The topological polar surface area (TPSA) is 25.8 Å². The van der Waals surface area contributed by atoms with Crippen molar-refractivity contribution in [3.8, 4) is 67.3 Å². The number of hydrogen-bond acceptors (Lipinski definition) is 3. The fourth-order valence-electron chi connectivity index (χ4n) is 7.41. The van der Waals surface area contributed by atoms with E-state index in [-0.39, 0.29) is 0 Å². The van der Waals surface area contributed by atoms with Crippen LogP contribution in [0, 0.1) is 0 Å². The first-order chi connectivity index (χ1) is 26.2. The lowest BCUT2D eigenvalue weighted by molar-refractivity contribution is 1.18. The summed E-state index contributed by atoms with van der Waals surface area (Å²) in [5.41, 5.74) is 11.9. The fraction of sp³-hybridized carbons (Fsp3) is 0.